The first kappa shape index (κ1) is 44.0. The number of pyridine rings is 2. The fourth-order valence-electron chi connectivity index (χ4n) is 9.24. The molecule has 0 aliphatic carbocycles. The number of hydrogen-bond acceptors (Lipinski definition) is 3. The summed E-state index contributed by atoms with van der Waals surface area (Å²) in [6.45, 7) is 20.3. The maximum Gasteiger partial charge on any atom is 0.268 e. The van der Waals surface area contributed by atoms with E-state index in [-0.39, 0.29) is 37.3 Å². The summed E-state index contributed by atoms with van der Waals surface area (Å²) < 4.78 is 15.4. The molecule has 8 heteroatoms. The third-order valence-corrected chi connectivity index (χ3v) is 12.9. The molecule has 0 unspecified atom stereocenters. The minimum absolute atomic E-state index is 0. The van der Waals surface area contributed by atoms with Crippen molar-refractivity contribution in [1.82, 2.24) is 23.7 Å². The zero-order chi connectivity index (χ0) is 45.7. The van der Waals surface area contributed by atoms with Crippen LogP contribution in [0.2, 0.25) is 0 Å². The SMILES string of the molecule is CC(C)(C)c1cc(-[n+]2[c-]n(-c3[c-]c(Oc4[c-]c5c(cc4)c4ccc(-n6c7ccccc7c7ccccc76)cc4n5-c4cc(C(C)(C)C)ccn4)cnc3)c3ccccc32)cc(C(C)(C)C)c1.[Pt]. The minimum Gasteiger partial charge on any atom is -0.508 e. The van der Waals surface area contributed by atoms with Crippen LogP contribution in [0.3, 0.4) is 0 Å². The van der Waals surface area contributed by atoms with Gasteiger partial charge in [0, 0.05) is 60.7 Å². The molecule has 0 N–H and O–H groups in total. The number of para-hydroxylation sites is 4. The number of fused-ring (bicyclic) bond motifs is 7. The summed E-state index contributed by atoms with van der Waals surface area (Å²) in [4.78, 5) is 9.67. The van der Waals surface area contributed by atoms with Crippen molar-refractivity contribution in [2.75, 3.05) is 0 Å². The molecule has 0 spiro atoms. The van der Waals surface area contributed by atoms with Gasteiger partial charge in [0.15, 0.2) is 0 Å². The average molecular weight is 1060 g/mol. The zero-order valence-corrected chi connectivity index (χ0v) is 41.6. The standard InChI is InChI=1S/C59H52N6O.Pt/c1-57(2,3)38-26-27-61-56(31-38)65-54-33-41(64-50-18-12-10-16-46(50)47-17-11-13-19-51(47)64)22-24-48(54)49-25-23-44(34-55(49)65)66-45-32-43(35-60-36-45)63-37-62(52-20-14-15-21-53(52)63)42-29-39(58(4,5)6)28-40(30-42)59(7,8)9;/h10-31,33,35-36H,1-9H3;/q-2;. The first-order valence-electron chi connectivity index (χ1n) is 22.7. The van der Waals surface area contributed by atoms with Crippen LogP contribution in [0.4, 0.5) is 0 Å². The Balaban J connectivity index is 0.00000525. The van der Waals surface area contributed by atoms with Gasteiger partial charge in [0.25, 0.3) is 6.33 Å². The van der Waals surface area contributed by atoms with E-state index in [1.807, 2.05) is 16.8 Å². The van der Waals surface area contributed by atoms with E-state index in [1.54, 1.807) is 12.4 Å². The number of hydrogen-bond donors (Lipinski definition) is 0. The first-order chi connectivity index (χ1) is 31.6. The van der Waals surface area contributed by atoms with Gasteiger partial charge >= 0.3 is 0 Å². The summed E-state index contributed by atoms with van der Waals surface area (Å²) in [5.41, 5.74) is 12.7. The molecular formula is C59H52N6OPt-2. The van der Waals surface area contributed by atoms with Crippen molar-refractivity contribution in [1.29, 1.82) is 0 Å². The normalized spacial score (nSPS) is 12.4. The van der Waals surface area contributed by atoms with Crippen LogP contribution in [0.1, 0.15) is 79.0 Å². The molecule has 5 aromatic heterocycles. The van der Waals surface area contributed by atoms with Crippen molar-refractivity contribution < 1.29 is 30.4 Å². The molecule has 11 rings (SSSR count). The Kier molecular flexibility index (Phi) is 10.7. The van der Waals surface area contributed by atoms with Gasteiger partial charge in [-0.25, -0.2) is 4.98 Å². The van der Waals surface area contributed by atoms with Gasteiger partial charge in [0.05, 0.1) is 27.8 Å². The van der Waals surface area contributed by atoms with E-state index in [0.29, 0.717) is 17.2 Å². The van der Waals surface area contributed by atoms with E-state index in [4.69, 9.17) is 9.72 Å². The van der Waals surface area contributed by atoms with Gasteiger partial charge in [-0.15, -0.1) is 23.6 Å². The molecule has 7 nitrogen and oxygen atoms in total. The number of nitrogens with zero attached hydrogens (tertiary/aromatic N) is 6. The minimum atomic E-state index is -0.0794. The zero-order valence-electron chi connectivity index (χ0n) is 39.3. The second kappa shape index (κ2) is 16.2. The monoisotopic (exact) mass is 1060 g/mol. The molecule has 0 atom stereocenters. The van der Waals surface area contributed by atoms with Crippen LogP contribution in [0.25, 0.3) is 77.5 Å². The molecular weight excluding hydrogens is 1000 g/mol. The van der Waals surface area contributed by atoms with Gasteiger partial charge in [-0.3, -0.25) is 4.57 Å². The van der Waals surface area contributed by atoms with Crippen LogP contribution in [0, 0.1) is 18.5 Å². The third kappa shape index (κ3) is 7.73. The number of benzene rings is 6. The Hall–Kier alpha value is -6.82. The van der Waals surface area contributed by atoms with E-state index in [0.717, 1.165) is 61.1 Å². The quantitative estimate of drug-likeness (QED) is 0.123. The topological polar surface area (TPSA) is 53.7 Å². The molecule has 6 aromatic carbocycles. The number of imidazole rings is 1. The summed E-state index contributed by atoms with van der Waals surface area (Å²) in [5, 5.41) is 4.59. The van der Waals surface area contributed by atoms with Crippen molar-refractivity contribution in [2.45, 2.75) is 78.6 Å². The molecule has 0 bridgehead atoms. The summed E-state index contributed by atoms with van der Waals surface area (Å²) in [6.07, 6.45) is 9.09. The fourth-order valence-corrected chi connectivity index (χ4v) is 9.24. The molecule has 0 saturated carbocycles. The van der Waals surface area contributed by atoms with E-state index in [2.05, 4.69) is 227 Å². The second-order valence-corrected chi connectivity index (χ2v) is 20.6. The van der Waals surface area contributed by atoms with Crippen molar-refractivity contribution >= 4 is 54.6 Å². The number of aromatic nitrogens is 6. The summed E-state index contributed by atoms with van der Waals surface area (Å²) in [5.74, 6) is 1.83. The maximum absolute atomic E-state index is 6.66. The molecule has 0 aliphatic rings. The molecule has 0 aliphatic heterocycles. The van der Waals surface area contributed by atoms with Crippen LogP contribution in [0.15, 0.2) is 152 Å². The molecule has 5 heterocycles. The average Bonchev–Trinajstić information content (AvgIpc) is 3.96. The van der Waals surface area contributed by atoms with Crippen LogP contribution < -0.4 is 9.30 Å². The van der Waals surface area contributed by atoms with Crippen LogP contribution in [0.5, 0.6) is 11.5 Å². The van der Waals surface area contributed by atoms with E-state index < -0.39 is 0 Å². The molecule has 0 fully saturated rings. The van der Waals surface area contributed by atoms with Gasteiger partial charge in [0.1, 0.15) is 5.82 Å². The smallest absolute Gasteiger partial charge is 0.268 e. The van der Waals surface area contributed by atoms with E-state index in [1.165, 1.54) is 27.5 Å². The van der Waals surface area contributed by atoms with Crippen molar-refractivity contribution in [2.24, 2.45) is 0 Å². The molecule has 336 valence electrons. The van der Waals surface area contributed by atoms with Crippen molar-refractivity contribution in [3.8, 4) is 34.4 Å². The Bertz CT molecular complexity index is 3620. The predicted molar refractivity (Wildman–Crippen MR) is 268 cm³/mol. The van der Waals surface area contributed by atoms with Gasteiger partial charge in [0.2, 0.25) is 0 Å². The van der Waals surface area contributed by atoms with Crippen LogP contribution >= 0.6 is 0 Å². The summed E-state index contributed by atoms with van der Waals surface area (Å²) >= 11 is 0. The van der Waals surface area contributed by atoms with Gasteiger partial charge in [-0.05, 0) is 98.7 Å². The van der Waals surface area contributed by atoms with Crippen LogP contribution in [-0.4, -0.2) is 23.7 Å². The first-order valence-corrected chi connectivity index (χ1v) is 22.7. The molecule has 0 radical (unpaired) electrons. The summed E-state index contributed by atoms with van der Waals surface area (Å²) in [6, 6.07) is 54.9. The second-order valence-electron chi connectivity index (χ2n) is 20.6. The van der Waals surface area contributed by atoms with Gasteiger partial charge in [-0.2, -0.15) is 6.07 Å². The number of ether oxygens (including phenoxy) is 1. The largest absolute Gasteiger partial charge is 0.508 e. The van der Waals surface area contributed by atoms with E-state index >= 15 is 0 Å². The molecule has 11 aromatic rings. The van der Waals surface area contributed by atoms with Crippen molar-refractivity contribution in [3.05, 3.63) is 187 Å². The van der Waals surface area contributed by atoms with Gasteiger partial charge in [-0.1, -0.05) is 147 Å². The Morgan fingerprint density at radius 3 is 1.81 bits per heavy atom. The third-order valence-electron chi connectivity index (χ3n) is 12.9. The fraction of sp³-hybridized carbons (Fsp3) is 0.203. The van der Waals surface area contributed by atoms with Crippen LogP contribution in [-0.2, 0) is 37.3 Å². The Labute approximate surface area is 406 Å². The van der Waals surface area contributed by atoms with Crippen molar-refractivity contribution in [3.63, 3.8) is 0 Å². The molecule has 67 heavy (non-hydrogen) atoms. The molecule has 0 amide bonds. The Morgan fingerprint density at radius 1 is 0.522 bits per heavy atom. The predicted octanol–water partition coefficient (Wildman–Crippen LogP) is 14.0. The number of rotatable bonds is 6. The van der Waals surface area contributed by atoms with Gasteiger partial charge < -0.3 is 23.4 Å². The Morgan fingerprint density at radius 2 is 1.13 bits per heavy atom. The summed E-state index contributed by atoms with van der Waals surface area (Å²) in [7, 11) is 0. The maximum atomic E-state index is 6.66. The van der Waals surface area contributed by atoms with E-state index in [9.17, 15) is 0 Å². The molecule has 0 saturated heterocycles.